The first-order chi connectivity index (χ1) is 6.61. The lowest BCUT2D eigenvalue weighted by Gasteiger charge is -2.27. The fourth-order valence-electron chi connectivity index (χ4n) is 1.07. The van der Waals surface area contributed by atoms with Crippen LogP contribution in [0.1, 0.15) is 0 Å². The van der Waals surface area contributed by atoms with E-state index < -0.39 is 16.2 Å². The van der Waals surface area contributed by atoms with E-state index in [0.717, 1.165) is 12.4 Å². The molecule has 0 aromatic carbocycles. The van der Waals surface area contributed by atoms with Crippen LogP contribution in [0, 0.1) is 10.1 Å². The Kier molecular flexibility index (Phi) is 1.64. The molecule has 10 nitrogen and oxygen atoms in total. The molecule has 0 saturated heterocycles. The molecule has 0 spiro atoms. The topological polar surface area (TPSA) is 136 Å². The summed E-state index contributed by atoms with van der Waals surface area (Å²) < 4.78 is 0. The number of hydrogen-bond donors (Lipinski definition) is 3. The minimum atomic E-state index is -1.94. The maximum atomic E-state index is 10.9. The van der Waals surface area contributed by atoms with Crippen LogP contribution in [0.3, 0.4) is 0 Å². The minimum Gasteiger partial charge on any atom is -0.298 e. The quantitative estimate of drug-likeness (QED) is 0.337. The van der Waals surface area contributed by atoms with Crippen molar-refractivity contribution in [1.82, 2.24) is 11.0 Å². The van der Waals surface area contributed by atoms with Crippen molar-refractivity contribution in [1.29, 1.82) is 0 Å². The lowest BCUT2D eigenvalue weighted by atomic mass is 9.98. The number of oxime groups is 2. The van der Waals surface area contributed by atoms with E-state index in [-0.39, 0.29) is 0 Å². The monoisotopic (exact) mass is 202 g/mol. The zero-order valence-corrected chi connectivity index (χ0v) is 6.71. The van der Waals surface area contributed by atoms with E-state index in [1.807, 2.05) is 0 Å². The summed E-state index contributed by atoms with van der Waals surface area (Å²) in [6, 6.07) is 0. The smallest absolute Gasteiger partial charge is 0.298 e. The van der Waals surface area contributed by atoms with Crippen LogP contribution in [-0.4, -0.2) is 28.7 Å². The van der Waals surface area contributed by atoms with Gasteiger partial charge in [-0.15, -0.1) is 0 Å². The molecule has 2 heterocycles. The molecule has 0 aliphatic carbocycles. The van der Waals surface area contributed by atoms with E-state index in [1.165, 1.54) is 0 Å². The number of hydroxylamine groups is 2. The van der Waals surface area contributed by atoms with Crippen molar-refractivity contribution in [3.05, 3.63) is 10.1 Å². The Labute approximate surface area is 76.7 Å². The second-order valence-corrected chi connectivity index (χ2v) is 2.75. The van der Waals surface area contributed by atoms with Gasteiger partial charge < -0.3 is 0 Å². The summed E-state index contributed by atoms with van der Waals surface area (Å²) in [7, 11) is 0. The lowest BCUT2D eigenvalue weighted by Crippen LogP contribution is -2.76. The first-order valence-corrected chi connectivity index (χ1v) is 3.49. The van der Waals surface area contributed by atoms with E-state index >= 15 is 0 Å². The number of hydrogen-bond acceptors (Lipinski definition) is 9. The molecule has 0 saturated carbocycles. The van der Waals surface area contributed by atoms with Gasteiger partial charge in [0.2, 0.25) is 5.66 Å². The van der Waals surface area contributed by atoms with Gasteiger partial charge in [0.05, 0.1) is 11.1 Å². The molecule has 0 radical (unpaired) electrons. The van der Waals surface area contributed by atoms with Crippen molar-refractivity contribution in [3.63, 3.8) is 0 Å². The van der Waals surface area contributed by atoms with E-state index in [2.05, 4.69) is 31.1 Å². The highest BCUT2D eigenvalue weighted by atomic mass is 16.8. The summed E-state index contributed by atoms with van der Waals surface area (Å²) in [5.41, 5.74) is 6.29. The standard InChI is InChI=1S/C4H6N6O4/c5-3(1-6-13-8-3)4(10(11)12)2-7-14-9-4/h1-2,8-9H,5H2. The van der Waals surface area contributed by atoms with Crippen LogP contribution in [0.2, 0.25) is 0 Å². The molecule has 14 heavy (non-hydrogen) atoms. The summed E-state index contributed by atoms with van der Waals surface area (Å²) in [4.78, 5) is 18.9. The normalized spacial score (nSPS) is 39.5. The van der Waals surface area contributed by atoms with Crippen LogP contribution in [0.15, 0.2) is 10.3 Å². The molecule has 2 unspecified atom stereocenters. The van der Waals surface area contributed by atoms with Crippen molar-refractivity contribution < 1.29 is 14.8 Å². The van der Waals surface area contributed by atoms with Crippen LogP contribution >= 0.6 is 0 Å². The summed E-state index contributed by atoms with van der Waals surface area (Å²) in [6.45, 7) is 0. The van der Waals surface area contributed by atoms with Gasteiger partial charge in [0.15, 0.2) is 0 Å². The summed E-state index contributed by atoms with van der Waals surface area (Å²) in [5, 5.41) is 17.4. The second-order valence-electron chi connectivity index (χ2n) is 2.75. The average Bonchev–Trinajstić information content (AvgIpc) is 2.72. The lowest BCUT2D eigenvalue weighted by molar-refractivity contribution is -0.572. The highest BCUT2D eigenvalue weighted by Gasteiger charge is 2.65. The van der Waals surface area contributed by atoms with Crippen molar-refractivity contribution in [2.45, 2.75) is 11.3 Å². The van der Waals surface area contributed by atoms with Crippen molar-refractivity contribution >= 4 is 12.4 Å². The molecule has 10 heteroatoms. The molecule has 2 aliphatic heterocycles. The van der Waals surface area contributed by atoms with Gasteiger partial charge in [-0.2, -0.15) is 0 Å². The Hall–Kier alpha value is -1.78. The number of nitrogens with zero attached hydrogens (tertiary/aromatic N) is 3. The molecular weight excluding hydrogens is 196 g/mol. The van der Waals surface area contributed by atoms with Crippen LogP contribution in [0.25, 0.3) is 0 Å². The summed E-state index contributed by atoms with van der Waals surface area (Å²) in [6.07, 6.45) is 1.96. The van der Waals surface area contributed by atoms with E-state index in [1.54, 1.807) is 0 Å². The van der Waals surface area contributed by atoms with Gasteiger partial charge >= 0.3 is 5.66 Å². The molecule has 76 valence electrons. The van der Waals surface area contributed by atoms with Crippen molar-refractivity contribution in [3.8, 4) is 0 Å². The predicted octanol–water partition coefficient (Wildman–Crippen LogP) is -2.34. The highest BCUT2D eigenvalue weighted by Crippen LogP contribution is 2.21. The van der Waals surface area contributed by atoms with E-state index in [4.69, 9.17) is 5.73 Å². The Morgan fingerprint density at radius 2 is 2.00 bits per heavy atom. The molecule has 0 aromatic heterocycles. The molecule has 0 bridgehead atoms. The average molecular weight is 202 g/mol. The first kappa shape index (κ1) is 8.80. The van der Waals surface area contributed by atoms with Crippen LogP contribution in [-0.2, 0) is 9.88 Å². The van der Waals surface area contributed by atoms with Crippen molar-refractivity contribution in [2.24, 2.45) is 16.0 Å². The first-order valence-electron chi connectivity index (χ1n) is 3.49. The Morgan fingerprint density at radius 3 is 2.43 bits per heavy atom. The Morgan fingerprint density at radius 1 is 1.36 bits per heavy atom. The fraction of sp³-hybridized carbons (Fsp3) is 0.500. The third-order valence-corrected chi connectivity index (χ3v) is 1.94. The van der Waals surface area contributed by atoms with Gasteiger partial charge in [-0.3, -0.25) is 25.7 Å². The molecule has 2 atom stereocenters. The molecule has 2 aliphatic rings. The maximum Gasteiger partial charge on any atom is 0.384 e. The summed E-state index contributed by atoms with van der Waals surface area (Å²) >= 11 is 0. The molecule has 4 N–H and O–H groups in total. The van der Waals surface area contributed by atoms with Gasteiger partial charge in [-0.1, -0.05) is 15.8 Å². The number of rotatable bonds is 2. The maximum absolute atomic E-state index is 10.9. The third-order valence-electron chi connectivity index (χ3n) is 1.94. The largest absolute Gasteiger partial charge is 0.384 e. The predicted molar refractivity (Wildman–Crippen MR) is 42.1 cm³/mol. The molecule has 0 aromatic rings. The summed E-state index contributed by atoms with van der Waals surface area (Å²) in [5.74, 6) is 0. The Balaban J connectivity index is 2.40. The number of nitrogens with one attached hydrogen (secondary N) is 2. The molecular formula is C4H6N6O4. The van der Waals surface area contributed by atoms with Gasteiger partial charge in [0, 0.05) is 0 Å². The zero-order valence-electron chi connectivity index (χ0n) is 6.71. The molecule has 0 fully saturated rings. The van der Waals surface area contributed by atoms with Gasteiger partial charge in [-0.05, 0) is 5.48 Å². The van der Waals surface area contributed by atoms with Gasteiger partial charge in [-0.25, -0.2) is 0 Å². The third kappa shape index (κ3) is 0.891. The van der Waals surface area contributed by atoms with E-state index in [9.17, 15) is 10.1 Å². The van der Waals surface area contributed by atoms with Gasteiger partial charge in [0.1, 0.15) is 6.21 Å². The van der Waals surface area contributed by atoms with Gasteiger partial charge in [0.25, 0.3) is 0 Å². The van der Waals surface area contributed by atoms with E-state index in [0.29, 0.717) is 0 Å². The molecule has 0 amide bonds. The fourth-order valence-corrected chi connectivity index (χ4v) is 1.07. The molecule has 2 rings (SSSR count). The van der Waals surface area contributed by atoms with Crippen LogP contribution in [0.5, 0.6) is 0 Å². The zero-order chi connectivity index (χ0) is 10.2. The number of nitro groups is 1. The minimum absolute atomic E-state index is 0.697. The van der Waals surface area contributed by atoms with Crippen LogP contribution in [0.4, 0.5) is 0 Å². The van der Waals surface area contributed by atoms with Crippen molar-refractivity contribution in [2.75, 3.05) is 0 Å². The number of nitrogens with two attached hydrogens (primary N) is 1. The Bertz CT molecular complexity index is 330. The SMILES string of the molecule is NC1(C2([N+](=O)[O-])C=NON2)C=NON1. The second kappa shape index (κ2) is 2.60. The van der Waals surface area contributed by atoms with Crippen LogP contribution < -0.4 is 16.7 Å². The highest BCUT2D eigenvalue weighted by molar-refractivity contribution is 5.83.